The van der Waals surface area contributed by atoms with Gasteiger partial charge in [-0.15, -0.1) is 0 Å². The van der Waals surface area contributed by atoms with Gasteiger partial charge in [0.05, 0.1) is 10.1 Å². The third kappa shape index (κ3) is 2.21. The molecule has 0 spiro atoms. The predicted octanol–water partition coefficient (Wildman–Crippen LogP) is 1.16. The molecule has 1 fully saturated rings. The van der Waals surface area contributed by atoms with Crippen molar-refractivity contribution in [3.63, 3.8) is 0 Å². The van der Waals surface area contributed by atoms with Crippen LogP contribution in [0.3, 0.4) is 0 Å². The van der Waals surface area contributed by atoms with E-state index in [0.29, 0.717) is 11.3 Å². The van der Waals surface area contributed by atoms with Crippen molar-refractivity contribution >= 4 is 9.84 Å². The van der Waals surface area contributed by atoms with Gasteiger partial charge < -0.3 is 5.11 Å². The fourth-order valence-corrected chi connectivity index (χ4v) is 3.20. The summed E-state index contributed by atoms with van der Waals surface area (Å²) < 4.78 is 23.6. The van der Waals surface area contributed by atoms with E-state index >= 15 is 0 Å². The first-order chi connectivity index (χ1) is 7.14. The molecule has 1 saturated carbocycles. The predicted molar refractivity (Wildman–Crippen MR) is 57.4 cm³/mol. The van der Waals surface area contributed by atoms with E-state index in [0.717, 1.165) is 18.4 Å². The smallest absolute Gasteiger partial charge is 0.181 e. The first-order valence-electron chi connectivity index (χ1n) is 5.08. The molecule has 1 aromatic rings. The molecule has 1 aromatic carbocycles. The summed E-state index contributed by atoms with van der Waals surface area (Å²) in [6.07, 6.45) is 2.16. The van der Waals surface area contributed by atoms with Gasteiger partial charge in [-0.2, -0.15) is 0 Å². The molecule has 1 N–H and O–H groups in total. The number of hydrogen-bond donors (Lipinski definition) is 1. The molecular formula is C11H14O3S. The van der Waals surface area contributed by atoms with Crippen molar-refractivity contribution in [3.8, 4) is 0 Å². The number of sulfone groups is 1. The molecule has 0 aromatic heterocycles. The van der Waals surface area contributed by atoms with Gasteiger partial charge in [-0.1, -0.05) is 12.1 Å². The molecule has 0 saturated heterocycles. The van der Waals surface area contributed by atoms with Crippen molar-refractivity contribution in [3.05, 3.63) is 29.8 Å². The molecule has 82 valence electrons. The monoisotopic (exact) mass is 226 g/mol. The first kappa shape index (κ1) is 10.6. The van der Waals surface area contributed by atoms with Gasteiger partial charge in [0.25, 0.3) is 0 Å². The molecule has 15 heavy (non-hydrogen) atoms. The number of benzene rings is 1. The van der Waals surface area contributed by atoms with Gasteiger partial charge in [0, 0.05) is 6.61 Å². The third-order valence-corrected chi connectivity index (χ3v) is 4.89. The minimum atomic E-state index is -3.06. The number of rotatable bonds is 4. The minimum absolute atomic E-state index is 0.0920. The zero-order valence-electron chi connectivity index (χ0n) is 8.39. The third-order valence-electron chi connectivity index (χ3n) is 2.62. The maximum atomic E-state index is 11.8. The molecule has 0 aliphatic heterocycles. The normalized spacial score (nSPS) is 16.6. The maximum Gasteiger partial charge on any atom is 0.181 e. The van der Waals surface area contributed by atoms with Crippen LogP contribution in [0, 0.1) is 0 Å². The van der Waals surface area contributed by atoms with Crippen LogP contribution in [0.2, 0.25) is 0 Å². The average molecular weight is 226 g/mol. The maximum absolute atomic E-state index is 11.8. The number of hydrogen-bond acceptors (Lipinski definition) is 3. The van der Waals surface area contributed by atoms with Crippen molar-refractivity contribution < 1.29 is 13.5 Å². The van der Waals surface area contributed by atoms with E-state index in [1.54, 1.807) is 24.3 Å². The van der Waals surface area contributed by atoms with E-state index in [2.05, 4.69) is 0 Å². The van der Waals surface area contributed by atoms with E-state index in [4.69, 9.17) is 5.11 Å². The zero-order chi connectivity index (χ0) is 10.9. The highest BCUT2D eigenvalue weighted by Crippen LogP contribution is 2.33. The summed E-state index contributed by atoms with van der Waals surface area (Å²) in [6, 6.07) is 6.81. The van der Waals surface area contributed by atoms with Crippen LogP contribution in [0.25, 0.3) is 0 Å². The van der Waals surface area contributed by atoms with Gasteiger partial charge in [0.1, 0.15) is 0 Å². The molecular weight excluding hydrogens is 212 g/mol. The number of aliphatic hydroxyl groups is 1. The summed E-state index contributed by atoms with van der Waals surface area (Å²) in [5.41, 5.74) is 0.965. The summed E-state index contributed by atoms with van der Waals surface area (Å²) in [7, 11) is -3.06. The quantitative estimate of drug-likeness (QED) is 0.838. The molecule has 0 unspecified atom stereocenters. The van der Waals surface area contributed by atoms with Crippen LogP contribution in [0.1, 0.15) is 18.4 Å². The first-order valence-corrected chi connectivity index (χ1v) is 6.63. The van der Waals surface area contributed by atoms with Gasteiger partial charge in [-0.05, 0) is 37.0 Å². The Balaban J connectivity index is 2.23. The van der Waals surface area contributed by atoms with Gasteiger partial charge >= 0.3 is 0 Å². The lowest BCUT2D eigenvalue weighted by Crippen LogP contribution is -2.07. The van der Waals surface area contributed by atoms with Crippen molar-refractivity contribution in [2.24, 2.45) is 0 Å². The lowest BCUT2D eigenvalue weighted by Gasteiger charge is -2.03. The summed E-state index contributed by atoms with van der Waals surface area (Å²) in [6.45, 7) is 0.0920. The van der Waals surface area contributed by atoms with Crippen LogP contribution in [0.15, 0.2) is 29.2 Å². The summed E-state index contributed by atoms with van der Waals surface area (Å²) in [5.74, 6) is 0. The second-order valence-electron chi connectivity index (χ2n) is 3.86. The zero-order valence-corrected chi connectivity index (χ0v) is 9.20. The Labute approximate surface area is 89.7 Å². The SMILES string of the molecule is O=S(=O)(c1ccc(CCO)cc1)C1CC1. The van der Waals surface area contributed by atoms with Crippen LogP contribution < -0.4 is 0 Å². The molecule has 2 rings (SSSR count). The molecule has 1 aliphatic rings. The van der Waals surface area contributed by atoms with Crippen LogP contribution in [-0.4, -0.2) is 25.4 Å². The Morgan fingerprint density at radius 2 is 1.80 bits per heavy atom. The van der Waals surface area contributed by atoms with Crippen LogP contribution in [-0.2, 0) is 16.3 Å². The van der Waals surface area contributed by atoms with Crippen molar-refractivity contribution in [1.29, 1.82) is 0 Å². The Kier molecular flexibility index (Phi) is 2.80. The van der Waals surface area contributed by atoms with E-state index < -0.39 is 9.84 Å². The van der Waals surface area contributed by atoms with Crippen molar-refractivity contribution in [2.75, 3.05) is 6.61 Å². The van der Waals surface area contributed by atoms with Gasteiger partial charge in [0.2, 0.25) is 0 Å². The van der Waals surface area contributed by atoms with Crippen LogP contribution in [0.4, 0.5) is 0 Å². The van der Waals surface area contributed by atoms with E-state index in [-0.39, 0.29) is 11.9 Å². The summed E-state index contributed by atoms with van der Waals surface area (Å²) >= 11 is 0. The second kappa shape index (κ2) is 3.94. The summed E-state index contributed by atoms with van der Waals surface area (Å²) in [4.78, 5) is 0.409. The van der Waals surface area contributed by atoms with Crippen LogP contribution in [0.5, 0.6) is 0 Å². The van der Waals surface area contributed by atoms with Gasteiger partial charge in [-0.3, -0.25) is 0 Å². The molecule has 0 atom stereocenters. The standard InChI is InChI=1S/C11H14O3S/c12-8-7-9-1-3-10(4-2-9)15(13,14)11-5-6-11/h1-4,11-12H,5-8H2. The topological polar surface area (TPSA) is 54.4 Å². The molecule has 1 aliphatic carbocycles. The van der Waals surface area contributed by atoms with Crippen LogP contribution >= 0.6 is 0 Å². The molecule has 3 nitrogen and oxygen atoms in total. The molecule has 4 heteroatoms. The Morgan fingerprint density at radius 1 is 1.20 bits per heavy atom. The number of aliphatic hydroxyl groups excluding tert-OH is 1. The van der Waals surface area contributed by atoms with E-state index in [1.807, 2.05) is 0 Å². The lowest BCUT2D eigenvalue weighted by atomic mass is 10.2. The van der Waals surface area contributed by atoms with Crippen molar-refractivity contribution in [1.82, 2.24) is 0 Å². The van der Waals surface area contributed by atoms with Gasteiger partial charge in [-0.25, -0.2) is 8.42 Å². The average Bonchev–Trinajstić information content (AvgIpc) is 3.02. The largest absolute Gasteiger partial charge is 0.396 e. The lowest BCUT2D eigenvalue weighted by molar-refractivity contribution is 0.299. The Bertz CT molecular complexity index is 429. The summed E-state index contributed by atoms with van der Waals surface area (Å²) in [5, 5.41) is 8.58. The highest BCUT2D eigenvalue weighted by molar-refractivity contribution is 7.92. The van der Waals surface area contributed by atoms with E-state index in [1.165, 1.54) is 0 Å². The molecule has 0 bridgehead atoms. The molecule has 0 radical (unpaired) electrons. The fourth-order valence-electron chi connectivity index (χ4n) is 1.55. The molecule has 0 heterocycles. The second-order valence-corrected chi connectivity index (χ2v) is 6.09. The Morgan fingerprint density at radius 3 is 2.27 bits per heavy atom. The highest BCUT2D eigenvalue weighted by Gasteiger charge is 2.36. The van der Waals surface area contributed by atoms with E-state index in [9.17, 15) is 8.42 Å². The van der Waals surface area contributed by atoms with Crippen molar-refractivity contribution in [2.45, 2.75) is 29.4 Å². The minimum Gasteiger partial charge on any atom is -0.396 e. The van der Waals surface area contributed by atoms with Gasteiger partial charge in [0.15, 0.2) is 9.84 Å². The highest BCUT2D eigenvalue weighted by atomic mass is 32.2. The molecule has 0 amide bonds. The Hall–Kier alpha value is -0.870. The fraction of sp³-hybridized carbons (Fsp3) is 0.455.